The van der Waals surface area contributed by atoms with Crippen molar-refractivity contribution in [2.24, 2.45) is 17.8 Å². The molecular weight excluding hydrogens is 256 g/mol. The van der Waals surface area contributed by atoms with Crippen molar-refractivity contribution in [3.63, 3.8) is 0 Å². The van der Waals surface area contributed by atoms with E-state index in [0.29, 0.717) is 5.92 Å². The predicted molar refractivity (Wildman–Crippen MR) is 75.0 cm³/mol. The molecule has 2 rings (SSSR count). The highest BCUT2D eigenvalue weighted by molar-refractivity contribution is 5.85. The highest BCUT2D eigenvalue weighted by Crippen LogP contribution is 2.39. The molecule has 20 heavy (non-hydrogen) atoms. The summed E-state index contributed by atoms with van der Waals surface area (Å²) in [6.45, 7) is 7.33. The van der Waals surface area contributed by atoms with Crippen molar-refractivity contribution in [1.82, 2.24) is 0 Å². The zero-order valence-corrected chi connectivity index (χ0v) is 13.0. The summed E-state index contributed by atoms with van der Waals surface area (Å²) in [7, 11) is 0. The topological polar surface area (TPSA) is 52.6 Å². The van der Waals surface area contributed by atoms with Crippen LogP contribution in [0.1, 0.15) is 59.8 Å². The third-order valence-corrected chi connectivity index (χ3v) is 4.31. The fourth-order valence-electron chi connectivity index (χ4n) is 3.31. The van der Waals surface area contributed by atoms with Gasteiger partial charge in [0, 0.05) is 0 Å². The largest absolute Gasteiger partial charge is 0.461 e. The molecule has 0 unspecified atom stereocenters. The fraction of sp³-hybridized carbons (Fsp3) is 0.875. The maximum Gasteiger partial charge on any atom is 0.314 e. The molecule has 0 bridgehead atoms. The fourth-order valence-corrected chi connectivity index (χ4v) is 3.31. The van der Waals surface area contributed by atoms with Crippen LogP contribution in [0, 0.1) is 17.8 Å². The molecule has 0 amide bonds. The van der Waals surface area contributed by atoms with Crippen LogP contribution in [0.2, 0.25) is 0 Å². The molecule has 1 aliphatic carbocycles. The first-order valence-electron chi connectivity index (χ1n) is 7.73. The van der Waals surface area contributed by atoms with Gasteiger partial charge in [-0.2, -0.15) is 0 Å². The summed E-state index contributed by atoms with van der Waals surface area (Å²) in [5.41, 5.74) is -0.528. The van der Waals surface area contributed by atoms with Gasteiger partial charge in [0.1, 0.15) is 17.6 Å². The lowest BCUT2D eigenvalue weighted by atomic mass is 9.78. The Morgan fingerprint density at radius 2 is 1.80 bits per heavy atom. The molecule has 1 saturated carbocycles. The Morgan fingerprint density at radius 3 is 2.35 bits per heavy atom. The molecule has 0 aromatic heterocycles. The molecule has 0 spiro atoms. The van der Waals surface area contributed by atoms with Gasteiger partial charge in [0.05, 0.1) is 5.92 Å². The van der Waals surface area contributed by atoms with Gasteiger partial charge in [0.15, 0.2) is 0 Å². The van der Waals surface area contributed by atoms with E-state index >= 15 is 0 Å². The molecular formula is C16H26O4. The van der Waals surface area contributed by atoms with E-state index in [4.69, 9.17) is 9.47 Å². The monoisotopic (exact) mass is 282 g/mol. The predicted octanol–water partition coefficient (Wildman–Crippen LogP) is 3.09. The number of carbonyl (C=O) groups is 2. The summed E-state index contributed by atoms with van der Waals surface area (Å²) < 4.78 is 11.0. The summed E-state index contributed by atoms with van der Waals surface area (Å²) >= 11 is 0. The molecule has 4 heteroatoms. The van der Waals surface area contributed by atoms with E-state index < -0.39 is 17.4 Å². The van der Waals surface area contributed by atoms with Gasteiger partial charge in [-0.25, -0.2) is 0 Å². The third kappa shape index (κ3) is 3.33. The van der Waals surface area contributed by atoms with Crippen molar-refractivity contribution >= 4 is 11.9 Å². The highest BCUT2D eigenvalue weighted by Gasteiger charge is 2.50. The molecule has 4 nitrogen and oxygen atoms in total. The molecule has 0 radical (unpaired) electrons. The maximum absolute atomic E-state index is 12.4. The van der Waals surface area contributed by atoms with Crippen LogP contribution in [0.15, 0.2) is 0 Å². The van der Waals surface area contributed by atoms with Gasteiger partial charge in [-0.3, -0.25) is 9.59 Å². The van der Waals surface area contributed by atoms with E-state index in [0.717, 1.165) is 25.7 Å². The number of cyclic esters (lactones) is 1. The van der Waals surface area contributed by atoms with Crippen LogP contribution in [0.25, 0.3) is 0 Å². The number of ether oxygens (including phenoxy) is 2. The van der Waals surface area contributed by atoms with E-state index in [2.05, 4.69) is 0 Å². The van der Waals surface area contributed by atoms with Crippen molar-refractivity contribution < 1.29 is 19.1 Å². The van der Waals surface area contributed by atoms with Crippen LogP contribution in [0.4, 0.5) is 0 Å². The van der Waals surface area contributed by atoms with Crippen molar-refractivity contribution in [3.05, 3.63) is 0 Å². The van der Waals surface area contributed by atoms with Crippen molar-refractivity contribution in [3.8, 4) is 0 Å². The second kappa shape index (κ2) is 5.74. The van der Waals surface area contributed by atoms with E-state index in [9.17, 15) is 9.59 Å². The molecule has 2 fully saturated rings. The molecule has 1 aliphatic heterocycles. The number of carbonyl (C=O) groups excluding carboxylic acids is 2. The summed E-state index contributed by atoms with van der Waals surface area (Å²) in [6, 6.07) is 0. The van der Waals surface area contributed by atoms with Crippen LogP contribution < -0.4 is 0 Å². The first-order chi connectivity index (χ1) is 9.29. The van der Waals surface area contributed by atoms with Gasteiger partial charge in [-0.15, -0.1) is 0 Å². The highest BCUT2D eigenvalue weighted by atomic mass is 16.6. The first kappa shape index (κ1) is 15.3. The molecule has 0 N–H and O–H groups in total. The normalized spacial score (nSPS) is 32.0. The Labute approximate surface area is 121 Å². The Bertz CT molecular complexity index is 376. The molecule has 0 aromatic rings. The molecule has 3 atom stereocenters. The zero-order valence-electron chi connectivity index (χ0n) is 13.0. The third-order valence-electron chi connectivity index (χ3n) is 4.31. The Kier molecular flexibility index (Phi) is 4.40. The Balaban J connectivity index is 2.13. The number of hydrogen-bond donors (Lipinski definition) is 0. The van der Waals surface area contributed by atoms with Crippen LogP contribution in [-0.4, -0.2) is 23.6 Å². The van der Waals surface area contributed by atoms with E-state index in [1.165, 1.54) is 6.42 Å². The Morgan fingerprint density at radius 1 is 1.20 bits per heavy atom. The van der Waals surface area contributed by atoms with Crippen molar-refractivity contribution in [2.45, 2.75) is 71.5 Å². The summed E-state index contributed by atoms with van der Waals surface area (Å²) in [6.07, 6.45) is 5.37. The number of hydrogen-bond acceptors (Lipinski definition) is 4. The average Bonchev–Trinajstić information content (AvgIpc) is 2.65. The lowest BCUT2D eigenvalue weighted by molar-refractivity contribution is -0.164. The lowest BCUT2D eigenvalue weighted by Gasteiger charge is -2.31. The molecule has 1 saturated heterocycles. The quantitative estimate of drug-likeness (QED) is 0.730. The Hall–Kier alpha value is -1.06. The van der Waals surface area contributed by atoms with Gasteiger partial charge in [-0.05, 0) is 39.5 Å². The van der Waals surface area contributed by atoms with Gasteiger partial charge in [-0.1, -0.05) is 26.2 Å². The van der Waals surface area contributed by atoms with E-state index in [1.54, 1.807) is 6.92 Å². The van der Waals surface area contributed by atoms with Gasteiger partial charge in [0.2, 0.25) is 0 Å². The van der Waals surface area contributed by atoms with E-state index in [-0.39, 0.29) is 18.0 Å². The van der Waals surface area contributed by atoms with Gasteiger partial charge in [0.25, 0.3) is 0 Å². The summed E-state index contributed by atoms with van der Waals surface area (Å²) in [5.74, 6) is -1.06. The molecule has 2 aliphatic rings. The summed E-state index contributed by atoms with van der Waals surface area (Å²) in [5, 5.41) is 0. The maximum atomic E-state index is 12.4. The SMILES string of the molecule is C[C@H]1C(=O)O[C@H](C2CCCCC2)[C@@H]1C(=O)OC(C)(C)C. The van der Waals surface area contributed by atoms with Crippen LogP contribution >= 0.6 is 0 Å². The average molecular weight is 282 g/mol. The van der Waals surface area contributed by atoms with Crippen molar-refractivity contribution in [1.29, 1.82) is 0 Å². The molecule has 114 valence electrons. The minimum absolute atomic E-state index is 0.253. The van der Waals surface area contributed by atoms with Crippen LogP contribution in [0.3, 0.4) is 0 Å². The molecule has 0 aromatic carbocycles. The number of esters is 2. The summed E-state index contributed by atoms with van der Waals surface area (Å²) in [4.78, 5) is 24.3. The second-order valence-corrected chi connectivity index (χ2v) is 7.15. The van der Waals surface area contributed by atoms with Gasteiger partial charge >= 0.3 is 11.9 Å². The smallest absolute Gasteiger partial charge is 0.314 e. The number of rotatable bonds is 2. The van der Waals surface area contributed by atoms with Crippen LogP contribution in [-0.2, 0) is 19.1 Å². The molecule has 1 heterocycles. The van der Waals surface area contributed by atoms with E-state index in [1.807, 2.05) is 20.8 Å². The van der Waals surface area contributed by atoms with Crippen LogP contribution in [0.5, 0.6) is 0 Å². The lowest BCUT2D eigenvalue weighted by Crippen LogP contribution is -2.38. The van der Waals surface area contributed by atoms with Gasteiger partial charge < -0.3 is 9.47 Å². The standard InChI is InChI=1S/C16H26O4/c1-10-12(15(18)20-16(2,3)4)13(19-14(10)17)11-8-6-5-7-9-11/h10-13H,5-9H2,1-4H3/t10-,12-,13-/m1/s1. The first-order valence-corrected chi connectivity index (χ1v) is 7.73. The minimum atomic E-state index is -0.528. The zero-order chi connectivity index (χ0) is 14.9. The second-order valence-electron chi connectivity index (χ2n) is 7.15. The van der Waals surface area contributed by atoms with Crippen molar-refractivity contribution in [2.75, 3.05) is 0 Å². The minimum Gasteiger partial charge on any atom is -0.461 e.